The monoisotopic (exact) mass is 240 g/mol. The van der Waals surface area contributed by atoms with Gasteiger partial charge in [-0.25, -0.2) is 4.39 Å². The fourth-order valence-electron chi connectivity index (χ4n) is 1.78. The molecule has 1 aromatic rings. The van der Waals surface area contributed by atoms with E-state index in [9.17, 15) is 14.5 Å². The summed E-state index contributed by atoms with van der Waals surface area (Å²) < 4.78 is 13.2. The van der Waals surface area contributed by atoms with Gasteiger partial charge in [0.25, 0.3) is 5.69 Å². The van der Waals surface area contributed by atoms with E-state index in [1.807, 2.05) is 13.8 Å². The van der Waals surface area contributed by atoms with E-state index in [4.69, 9.17) is 5.73 Å². The molecule has 5 heteroatoms. The van der Waals surface area contributed by atoms with Gasteiger partial charge in [-0.05, 0) is 30.4 Å². The normalized spacial score (nSPS) is 14.4. The van der Waals surface area contributed by atoms with Crippen molar-refractivity contribution in [2.24, 2.45) is 11.7 Å². The van der Waals surface area contributed by atoms with Gasteiger partial charge in [-0.3, -0.25) is 10.1 Å². The van der Waals surface area contributed by atoms with Gasteiger partial charge < -0.3 is 5.73 Å². The molecule has 1 aromatic carbocycles. The van der Waals surface area contributed by atoms with E-state index in [2.05, 4.69) is 0 Å². The Balaban J connectivity index is 2.87. The molecule has 0 aliphatic carbocycles. The summed E-state index contributed by atoms with van der Waals surface area (Å²) in [5.74, 6) is -0.409. The quantitative estimate of drug-likeness (QED) is 0.635. The largest absolute Gasteiger partial charge is 0.327 e. The molecule has 0 fully saturated rings. The number of benzene rings is 1. The van der Waals surface area contributed by atoms with Gasteiger partial charge in [-0.1, -0.05) is 13.8 Å². The highest BCUT2D eigenvalue weighted by molar-refractivity contribution is 5.35. The topological polar surface area (TPSA) is 69.2 Å². The number of halogens is 1. The van der Waals surface area contributed by atoms with Gasteiger partial charge in [0.05, 0.1) is 11.0 Å². The van der Waals surface area contributed by atoms with Gasteiger partial charge in [0.2, 0.25) is 0 Å². The summed E-state index contributed by atoms with van der Waals surface area (Å²) in [4.78, 5) is 10.0. The lowest BCUT2D eigenvalue weighted by Crippen LogP contribution is -2.28. The number of nitrogens with zero attached hydrogens (tertiary/aromatic N) is 1. The summed E-state index contributed by atoms with van der Waals surface area (Å²) in [7, 11) is 0. The number of nitrogens with two attached hydrogens (primary N) is 1. The third-order valence-electron chi connectivity index (χ3n) is 2.91. The molecule has 0 amide bonds. The van der Waals surface area contributed by atoms with Gasteiger partial charge >= 0.3 is 0 Å². The Kier molecular flexibility index (Phi) is 4.57. The van der Waals surface area contributed by atoms with Crippen molar-refractivity contribution in [2.45, 2.75) is 32.7 Å². The fourth-order valence-corrected chi connectivity index (χ4v) is 1.78. The molecular weight excluding hydrogens is 223 g/mol. The van der Waals surface area contributed by atoms with Crippen LogP contribution in [0.1, 0.15) is 25.8 Å². The number of nitro benzene ring substituents is 1. The van der Waals surface area contributed by atoms with Gasteiger partial charge in [0.15, 0.2) is 0 Å². The Morgan fingerprint density at radius 3 is 2.65 bits per heavy atom. The summed E-state index contributed by atoms with van der Waals surface area (Å²) in [6, 6.07) is 3.68. The number of hydrogen-bond acceptors (Lipinski definition) is 3. The van der Waals surface area contributed by atoms with Gasteiger partial charge in [-0.15, -0.1) is 0 Å². The molecule has 4 nitrogen and oxygen atoms in total. The summed E-state index contributed by atoms with van der Waals surface area (Å²) in [5.41, 5.74) is 6.28. The Morgan fingerprint density at radius 1 is 1.47 bits per heavy atom. The van der Waals surface area contributed by atoms with Crippen molar-refractivity contribution < 1.29 is 9.31 Å². The molecule has 0 aromatic heterocycles. The molecule has 0 heterocycles. The second-order valence-electron chi connectivity index (χ2n) is 4.33. The first-order chi connectivity index (χ1) is 7.93. The maximum atomic E-state index is 13.2. The van der Waals surface area contributed by atoms with Crippen LogP contribution in [-0.2, 0) is 6.42 Å². The van der Waals surface area contributed by atoms with Crippen LogP contribution in [0, 0.1) is 21.8 Å². The Labute approximate surface area is 99.8 Å². The van der Waals surface area contributed by atoms with Crippen molar-refractivity contribution in [2.75, 3.05) is 0 Å². The molecular formula is C12H17FN2O2. The minimum absolute atomic E-state index is 0.0253. The predicted octanol–water partition coefficient (Wildman–Crippen LogP) is 2.65. The van der Waals surface area contributed by atoms with Gasteiger partial charge in [0, 0.05) is 12.1 Å². The van der Waals surface area contributed by atoms with Gasteiger partial charge in [-0.2, -0.15) is 0 Å². The third-order valence-corrected chi connectivity index (χ3v) is 2.91. The molecule has 0 saturated carbocycles. The van der Waals surface area contributed by atoms with Crippen LogP contribution < -0.4 is 5.73 Å². The molecule has 2 N–H and O–H groups in total. The molecule has 0 aliphatic heterocycles. The molecule has 0 bridgehead atoms. The highest BCUT2D eigenvalue weighted by atomic mass is 19.1. The Morgan fingerprint density at radius 2 is 2.12 bits per heavy atom. The van der Waals surface area contributed by atoms with Crippen LogP contribution >= 0.6 is 0 Å². The lowest BCUT2D eigenvalue weighted by molar-refractivity contribution is -0.385. The van der Waals surface area contributed by atoms with Crippen LogP contribution in [0.25, 0.3) is 0 Å². The Bertz CT molecular complexity index is 409. The number of rotatable bonds is 5. The molecule has 0 radical (unpaired) electrons. The van der Waals surface area contributed by atoms with E-state index in [1.165, 1.54) is 12.1 Å². The van der Waals surface area contributed by atoms with E-state index < -0.39 is 10.7 Å². The van der Waals surface area contributed by atoms with Crippen LogP contribution in [0.2, 0.25) is 0 Å². The third kappa shape index (κ3) is 3.78. The average molecular weight is 240 g/mol. The second-order valence-corrected chi connectivity index (χ2v) is 4.33. The van der Waals surface area contributed by atoms with Crippen LogP contribution in [0.4, 0.5) is 10.1 Å². The van der Waals surface area contributed by atoms with E-state index in [0.717, 1.165) is 12.5 Å². The standard InChI is InChI=1S/C12H17FN2O2/c1-3-12(14)8(2)4-9-5-10(13)7-11(6-9)15(16)17/h5-8,12H,3-4,14H2,1-2H3. The summed E-state index contributed by atoms with van der Waals surface area (Å²) in [6.07, 6.45) is 1.38. The van der Waals surface area contributed by atoms with E-state index in [-0.39, 0.29) is 17.6 Å². The maximum absolute atomic E-state index is 13.2. The average Bonchev–Trinajstić information content (AvgIpc) is 2.26. The van der Waals surface area contributed by atoms with Crippen LogP contribution in [-0.4, -0.2) is 11.0 Å². The molecule has 2 atom stereocenters. The number of non-ortho nitro benzene ring substituents is 1. The summed E-state index contributed by atoms with van der Waals surface area (Å²) in [5, 5.41) is 10.6. The van der Waals surface area contributed by atoms with Crippen molar-refractivity contribution in [3.05, 3.63) is 39.7 Å². The van der Waals surface area contributed by atoms with Crippen molar-refractivity contribution in [3.8, 4) is 0 Å². The van der Waals surface area contributed by atoms with Crippen molar-refractivity contribution in [1.29, 1.82) is 0 Å². The molecule has 0 aliphatic rings. The zero-order chi connectivity index (χ0) is 13.0. The fraction of sp³-hybridized carbons (Fsp3) is 0.500. The summed E-state index contributed by atoms with van der Waals surface area (Å²) >= 11 is 0. The molecule has 2 unspecified atom stereocenters. The first-order valence-electron chi connectivity index (χ1n) is 5.63. The minimum atomic E-state index is -0.586. The van der Waals surface area contributed by atoms with Crippen LogP contribution in [0.5, 0.6) is 0 Å². The smallest absolute Gasteiger partial charge is 0.272 e. The molecule has 0 spiro atoms. The zero-order valence-corrected chi connectivity index (χ0v) is 10.0. The number of hydrogen-bond donors (Lipinski definition) is 1. The van der Waals surface area contributed by atoms with Crippen LogP contribution in [0.15, 0.2) is 18.2 Å². The van der Waals surface area contributed by atoms with Crippen LogP contribution in [0.3, 0.4) is 0 Å². The highest BCUT2D eigenvalue weighted by Crippen LogP contribution is 2.20. The lowest BCUT2D eigenvalue weighted by atomic mass is 9.93. The van der Waals surface area contributed by atoms with E-state index >= 15 is 0 Å². The molecule has 17 heavy (non-hydrogen) atoms. The van der Waals surface area contributed by atoms with Crippen molar-refractivity contribution in [3.63, 3.8) is 0 Å². The van der Waals surface area contributed by atoms with Gasteiger partial charge in [0.1, 0.15) is 5.82 Å². The summed E-state index contributed by atoms with van der Waals surface area (Å²) in [6.45, 7) is 3.94. The van der Waals surface area contributed by atoms with E-state index in [0.29, 0.717) is 12.0 Å². The minimum Gasteiger partial charge on any atom is -0.327 e. The SMILES string of the molecule is CCC(N)C(C)Cc1cc(F)cc([N+](=O)[O-])c1. The maximum Gasteiger partial charge on any atom is 0.272 e. The predicted molar refractivity (Wildman–Crippen MR) is 64.2 cm³/mol. The first-order valence-corrected chi connectivity index (χ1v) is 5.63. The Hall–Kier alpha value is -1.49. The lowest BCUT2D eigenvalue weighted by Gasteiger charge is -2.18. The van der Waals surface area contributed by atoms with E-state index in [1.54, 1.807) is 0 Å². The molecule has 0 saturated heterocycles. The zero-order valence-electron chi connectivity index (χ0n) is 10.0. The van der Waals surface area contributed by atoms with Crippen molar-refractivity contribution >= 4 is 5.69 Å². The highest BCUT2D eigenvalue weighted by Gasteiger charge is 2.15. The van der Waals surface area contributed by atoms with Crippen molar-refractivity contribution in [1.82, 2.24) is 0 Å². The number of nitro groups is 1. The molecule has 1 rings (SSSR count). The molecule has 94 valence electrons. The second kappa shape index (κ2) is 5.72. The first kappa shape index (κ1) is 13.6.